The second-order valence-electron chi connectivity index (χ2n) is 20.0. The van der Waals surface area contributed by atoms with E-state index in [1.807, 2.05) is 6.92 Å². The molecular weight excluding hydrogens is 791 g/mol. The van der Waals surface area contributed by atoms with Gasteiger partial charge in [0.25, 0.3) is 16.0 Å². The molecule has 2 aliphatic heterocycles. The third kappa shape index (κ3) is 9.76. The lowest BCUT2D eigenvalue weighted by Gasteiger charge is -2.60. The molecule has 5 fully saturated rings. The SMILES string of the molecule is CCOC(C)OC(C)(C)C(F)(F)CC[C@@H](COS(=O)(=O)c1ccc(C)cc1)[C@H]1CC[C@H]2[C@@H]3CC=C4C[C@@H](OC5CCCCO5)C[C@H](OC5CCCCO5)[C@]4(C)[C@H]3CC[C@]12C. The fourth-order valence-corrected chi connectivity index (χ4v) is 13.6. The number of fused-ring (bicyclic) bond motifs is 5. The van der Waals surface area contributed by atoms with Crippen LogP contribution in [0, 0.1) is 47.3 Å². The Morgan fingerprint density at radius 3 is 2.25 bits per heavy atom. The predicted molar refractivity (Wildman–Crippen MR) is 226 cm³/mol. The van der Waals surface area contributed by atoms with Gasteiger partial charge in [-0.15, -0.1) is 0 Å². The van der Waals surface area contributed by atoms with E-state index < -0.39 is 40.3 Å². The van der Waals surface area contributed by atoms with E-state index in [4.69, 9.17) is 32.6 Å². The topological polar surface area (TPSA) is 98.8 Å². The number of hydrogen-bond acceptors (Lipinski definition) is 9. The summed E-state index contributed by atoms with van der Waals surface area (Å²) in [7, 11) is -4.11. The minimum Gasteiger partial charge on any atom is -0.353 e. The number of ether oxygens (including phenoxy) is 6. The summed E-state index contributed by atoms with van der Waals surface area (Å²) in [5, 5.41) is 0. The van der Waals surface area contributed by atoms with Crippen molar-refractivity contribution >= 4 is 10.1 Å². The van der Waals surface area contributed by atoms with Crippen LogP contribution in [0.3, 0.4) is 0 Å². The lowest BCUT2D eigenvalue weighted by atomic mass is 9.46. The molecule has 6 aliphatic rings. The van der Waals surface area contributed by atoms with Crippen molar-refractivity contribution in [3.8, 4) is 0 Å². The van der Waals surface area contributed by atoms with Crippen LogP contribution in [0.2, 0.25) is 0 Å². The first-order valence-electron chi connectivity index (χ1n) is 23.3. The zero-order chi connectivity index (χ0) is 42.9. The maximum Gasteiger partial charge on any atom is 0.296 e. The van der Waals surface area contributed by atoms with Crippen LogP contribution < -0.4 is 0 Å². The van der Waals surface area contributed by atoms with Gasteiger partial charge in [-0.1, -0.05) is 43.2 Å². The monoisotopic (exact) mass is 865 g/mol. The van der Waals surface area contributed by atoms with E-state index in [2.05, 4.69) is 19.9 Å². The second kappa shape index (κ2) is 18.9. The zero-order valence-corrected chi connectivity index (χ0v) is 38.3. The maximum absolute atomic E-state index is 16.3. The number of alkyl halides is 2. The molecule has 4 aliphatic carbocycles. The van der Waals surface area contributed by atoms with Gasteiger partial charge in [0.05, 0.1) is 23.7 Å². The lowest BCUT2D eigenvalue weighted by Crippen LogP contribution is -2.57. The maximum atomic E-state index is 16.3. The highest BCUT2D eigenvalue weighted by Crippen LogP contribution is 2.68. The van der Waals surface area contributed by atoms with E-state index in [1.54, 1.807) is 38.1 Å². The molecule has 2 saturated heterocycles. The summed E-state index contributed by atoms with van der Waals surface area (Å²) >= 11 is 0. The van der Waals surface area contributed by atoms with E-state index >= 15 is 8.78 Å². The molecule has 0 N–H and O–H groups in total. The van der Waals surface area contributed by atoms with Crippen molar-refractivity contribution in [1.82, 2.24) is 0 Å². The van der Waals surface area contributed by atoms with Crippen LogP contribution in [0.5, 0.6) is 0 Å². The standard InChI is InChI=1S/C48H74F2O9S/c1-8-53-33(3)59-45(4,5)48(49,50)26-23-34(31-56-60(51,52)37-18-15-32(2)16-19-37)39-21-22-40-38-20-17-35-29-36(57-43-13-9-11-27-54-43)30-42(58-44-14-10-12-28-55-44)47(35,7)41(38)24-25-46(39,40)6/h15-19,33-34,36,38-44H,8-14,20-31H2,1-7H3/t33?,34-,36+,38-,39+,40-,41-,42-,43?,44?,46+,47-/m0/s1. The Morgan fingerprint density at radius 2 is 1.60 bits per heavy atom. The Morgan fingerprint density at radius 1 is 0.917 bits per heavy atom. The molecule has 0 radical (unpaired) electrons. The average Bonchev–Trinajstić information content (AvgIpc) is 3.56. The molecule has 2 heterocycles. The summed E-state index contributed by atoms with van der Waals surface area (Å²) < 4.78 is 103. The van der Waals surface area contributed by atoms with Gasteiger partial charge in [-0.3, -0.25) is 4.18 Å². The van der Waals surface area contributed by atoms with Crippen molar-refractivity contribution in [3.05, 3.63) is 41.5 Å². The van der Waals surface area contributed by atoms with Gasteiger partial charge in [0.15, 0.2) is 18.9 Å². The molecule has 3 saturated carbocycles. The highest BCUT2D eigenvalue weighted by molar-refractivity contribution is 7.86. The van der Waals surface area contributed by atoms with Crippen molar-refractivity contribution < 1.29 is 49.8 Å². The Balaban J connectivity index is 1.13. The Hall–Kier alpha value is -1.51. The van der Waals surface area contributed by atoms with E-state index in [-0.39, 0.29) is 59.5 Å². The van der Waals surface area contributed by atoms with Gasteiger partial charge in [-0.05, 0) is 165 Å². The summed E-state index contributed by atoms with van der Waals surface area (Å²) in [6.45, 7) is 14.6. The Kier molecular flexibility index (Phi) is 14.7. The van der Waals surface area contributed by atoms with Gasteiger partial charge >= 0.3 is 0 Å². The number of hydrogen-bond donors (Lipinski definition) is 0. The normalized spacial score (nSPS) is 36.1. The van der Waals surface area contributed by atoms with Gasteiger partial charge in [-0.25, -0.2) is 8.78 Å². The minimum absolute atomic E-state index is 0.0133. The fraction of sp³-hybridized carbons (Fsp3) is 0.833. The molecule has 3 unspecified atom stereocenters. The molecule has 9 nitrogen and oxygen atoms in total. The van der Waals surface area contributed by atoms with E-state index in [1.165, 1.54) is 19.4 Å². The fourth-order valence-electron chi connectivity index (χ4n) is 12.6. The van der Waals surface area contributed by atoms with Crippen molar-refractivity contribution in [2.24, 2.45) is 40.4 Å². The summed E-state index contributed by atoms with van der Waals surface area (Å²) in [6.07, 6.45) is 13.5. The van der Waals surface area contributed by atoms with Crippen LogP contribution in [0.25, 0.3) is 0 Å². The molecule has 7 rings (SSSR count). The Labute approximate surface area is 359 Å². The third-order valence-corrected chi connectivity index (χ3v) is 17.3. The summed E-state index contributed by atoms with van der Waals surface area (Å²) in [5.41, 5.74) is 0.224. The van der Waals surface area contributed by atoms with Gasteiger partial charge in [-0.2, -0.15) is 8.42 Å². The predicted octanol–water partition coefficient (Wildman–Crippen LogP) is 10.9. The third-order valence-electron chi connectivity index (χ3n) is 16.0. The average molecular weight is 865 g/mol. The van der Waals surface area contributed by atoms with Crippen molar-refractivity contribution in [1.29, 1.82) is 0 Å². The smallest absolute Gasteiger partial charge is 0.296 e. The first-order valence-corrected chi connectivity index (χ1v) is 24.7. The minimum atomic E-state index is -4.11. The van der Waals surface area contributed by atoms with Crippen molar-refractivity contribution in [2.75, 3.05) is 26.4 Å². The Bertz CT molecular complexity index is 1710. The van der Waals surface area contributed by atoms with Crippen molar-refractivity contribution in [2.45, 2.75) is 192 Å². The summed E-state index contributed by atoms with van der Waals surface area (Å²) in [5.74, 6) is -2.45. The largest absolute Gasteiger partial charge is 0.353 e. The van der Waals surface area contributed by atoms with Gasteiger partial charge in [0.2, 0.25) is 0 Å². The molecule has 12 heteroatoms. The quantitative estimate of drug-likeness (QED) is 0.0861. The van der Waals surface area contributed by atoms with Crippen LogP contribution >= 0.6 is 0 Å². The molecule has 60 heavy (non-hydrogen) atoms. The first-order chi connectivity index (χ1) is 28.5. The number of halogens is 2. The van der Waals surface area contributed by atoms with Crippen LogP contribution in [-0.2, 0) is 42.7 Å². The molecule has 0 amide bonds. The lowest BCUT2D eigenvalue weighted by molar-refractivity contribution is -0.265. The van der Waals surface area contributed by atoms with E-state index in [9.17, 15) is 8.42 Å². The molecule has 0 spiro atoms. The van der Waals surface area contributed by atoms with E-state index in [0.717, 1.165) is 102 Å². The van der Waals surface area contributed by atoms with E-state index in [0.29, 0.717) is 24.4 Å². The molecule has 340 valence electrons. The van der Waals surface area contributed by atoms with Gasteiger partial charge in [0, 0.05) is 38.1 Å². The van der Waals surface area contributed by atoms with Crippen LogP contribution in [0.4, 0.5) is 8.78 Å². The molecule has 12 atom stereocenters. The summed E-state index contributed by atoms with van der Waals surface area (Å²) in [4.78, 5) is 0.0764. The number of aryl methyl sites for hydroxylation is 1. The van der Waals surface area contributed by atoms with Crippen LogP contribution in [0.15, 0.2) is 40.8 Å². The first kappa shape index (κ1) is 46.5. The molecule has 0 bridgehead atoms. The number of rotatable bonds is 17. The van der Waals surface area contributed by atoms with Gasteiger partial charge < -0.3 is 28.4 Å². The molecule has 1 aromatic rings. The van der Waals surface area contributed by atoms with Crippen molar-refractivity contribution in [3.63, 3.8) is 0 Å². The highest BCUT2D eigenvalue weighted by Gasteiger charge is 2.62. The highest BCUT2D eigenvalue weighted by atomic mass is 32.2. The zero-order valence-electron chi connectivity index (χ0n) is 37.4. The molecule has 0 aromatic heterocycles. The van der Waals surface area contributed by atoms with Crippen LogP contribution in [0.1, 0.15) is 143 Å². The molecular formula is C48H74F2O9S. The van der Waals surface area contributed by atoms with Crippen LogP contribution in [-0.4, -0.2) is 77.4 Å². The number of benzene rings is 1. The second-order valence-corrected chi connectivity index (χ2v) is 21.6. The molecule has 1 aromatic carbocycles. The number of allylic oxidation sites excluding steroid dienone is 1. The van der Waals surface area contributed by atoms with Gasteiger partial charge in [0.1, 0.15) is 5.60 Å². The summed E-state index contributed by atoms with van der Waals surface area (Å²) in [6, 6.07) is 6.59.